The molecular formula is C28H25NO6. The first-order chi connectivity index (χ1) is 16.9. The van der Waals surface area contributed by atoms with Crippen LogP contribution < -0.4 is 0 Å². The Bertz CT molecular complexity index is 1180. The first-order valence-electron chi connectivity index (χ1n) is 11.0. The van der Waals surface area contributed by atoms with E-state index in [0.717, 1.165) is 22.3 Å². The molecule has 0 aromatic heterocycles. The number of esters is 3. The summed E-state index contributed by atoms with van der Waals surface area (Å²) in [6, 6.07) is 15.8. The monoisotopic (exact) mass is 471 g/mol. The lowest BCUT2D eigenvalue weighted by Gasteiger charge is -2.09. The molecule has 7 heteroatoms. The van der Waals surface area contributed by atoms with E-state index in [4.69, 9.17) is 14.2 Å². The number of nitrogens with zero attached hydrogens (tertiary/aromatic N) is 1. The summed E-state index contributed by atoms with van der Waals surface area (Å²) in [6.07, 6.45) is 5.03. The van der Waals surface area contributed by atoms with E-state index in [1.807, 2.05) is 18.2 Å². The van der Waals surface area contributed by atoms with Crippen molar-refractivity contribution in [3.05, 3.63) is 93.1 Å². The van der Waals surface area contributed by atoms with Crippen LogP contribution in [0.3, 0.4) is 0 Å². The molecule has 1 aliphatic rings. The molecule has 0 unspecified atom stereocenters. The minimum absolute atomic E-state index is 0.0563. The van der Waals surface area contributed by atoms with E-state index < -0.39 is 17.9 Å². The lowest BCUT2D eigenvalue weighted by molar-refractivity contribution is -0.138. The number of ether oxygens (including phenoxy) is 3. The lowest BCUT2D eigenvalue weighted by Crippen LogP contribution is -2.09. The van der Waals surface area contributed by atoms with Crippen molar-refractivity contribution >= 4 is 30.1 Å². The summed E-state index contributed by atoms with van der Waals surface area (Å²) in [5.74, 6) is -1.53. The zero-order chi connectivity index (χ0) is 25.4. The highest BCUT2D eigenvalue weighted by molar-refractivity contribution is 5.97. The van der Waals surface area contributed by atoms with Crippen molar-refractivity contribution in [2.24, 2.45) is 0 Å². The van der Waals surface area contributed by atoms with Crippen molar-refractivity contribution in [2.75, 3.05) is 20.8 Å². The first-order valence-corrected chi connectivity index (χ1v) is 11.0. The summed E-state index contributed by atoms with van der Waals surface area (Å²) in [4.78, 5) is 36.0. The first kappa shape index (κ1) is 25.2. The molecule has 2 aromatic rings. The maximum absolute atomic E-state index is 12.6. The smallest absolute Gasteiger partial charge is 0.349 e. The van der Waals surface area contributed by atoms with Crippen LogP contribution in [0.15, 0.2) is 70.8 Å². The predicted molar refractivity (Wildman–Crippen MR) is 130 cm³/mol. The van der Waals surface area contributed by atoms with Crippen LogP contribution in [-0.2, 0) is 19.0 Å². The number of rotatable bonds is 6. The standard InChI is InChI=1S/C28H25NO6/c1-4-35-28(32)24(17-29)25-22(15-18-5-9-20(10-6-18)26(30)33-2)13-14-23(25)16-19-7-11-21(12-8-19)27(31)34-3/h5-12,15-16H,4,13-14H2,1-3H3. The van der Waals surface area contributed by atoms with Crippen LogP contribution in [-0.4, -0.2) is 38.7 Å². The second-order valence-corrected chi connectivity index (χ2v) is 7.65. The highest BCUT2D eigenvalue weighted by Gasteiger charge is 2.27. The summed E-state index contributed by atoms with van der Waals surface area (Å²) in [6.45, 7) is 1.84. The summed E-state index contributed by atoms with van der Waals surface area (Å²) in [5, 5.41) is 9.83. The normalized spacial score (nSPS) is 15.0. The molecule has 2 aromatic carbocycles. The van der Waals surface area contributed by atoms with Gasteiger partial charge in [-0.1, -0.05) is 36.4 Å². The molecule has 0 bridgehead atoms. The summed E-state index contributed by atoms with van der Waals surface area (Å²) < 4.78 is 14.6. The van der Waals surface area contributed by atoms with Crippen molar-refractivity contribution < 1.29 is 28.6 Å². The zero-order valence-electron chi connectivity index (χ0n) is 19.8. The van der Waals surface area contributed by atoms with Crippen LogP contribution in [0.25, 0.3) is 12.2 Å². The van der Waals surface area contributed by atoms with Crippen LogP contribution in [0, 0.1) is 11.3 Å². The molecule has 1 fully saturated rings. The minimum atomic E-state index is -0.675. The Morgan fingerprint density at radius 1 is 0.829 bits per heavy atom. The average molecular weight is 472 g/mol. The fraction of sp³-hybridized carbons (Fsp3) is 0.214. The molecule has 0 atom stereocenters. The Kier molecular flexibility index (Phi) is 8.36. The van der Waals surface area contributed by atoms with Crippen molar-refractivity contribution in [1.29, 1.82) is 5.26 Å². The summed E-state index contributed by atoms with van der Waals surface area (Å²) in [5.41, 5.74) is 4.61. The molecule has 3 rings (SSSR count). The Labute approximate surface area is 203 Å². The van der Waals surface area contributed by atoms with E-state index in [0.29, 0.717) is 29.5 Å². The van der Waals surface area contributed by atoms with Crippen molar-refractivity contribution in [3.8, 4) is 6.07 Å². The molecule has 0 saturated heterocycles. The number of nitriles is 1. The molecular weight excluding hydrogens is 446 g/mol. The number of hydrogen-bond acceptors (Lipinski definition) is 7. The molecule has 35 heavy (non-hydrogen) atoms. The van der Waals surface area contributed by atoms with Gasteiger partial charge < -0.3 is 14.2 Å². The molecule has 0 amide bonds. The van der Waals surface area contributed by atoms with E-state index in [1.165, 1.54) is 14.2 Å². The molecule has 178 valence electrons. The van der Waals surface area contributed by atoms with Gasteiger partial charge in [0.15, 0.2) is 0 Å². The SMILES string of the molecule is CCOC(=O)C(C#N)=C1C(=Cc2ccc(C(=O)OC)cc2)CCC1=Cc1ccc(C(=O)OC)cc1. The average Bonchev–Trinajstić information content (AvgIpc) is 3.26. The van der Waals surface area contributed by atoms with Crippen molar-refractivity contribution in [1.82, 2.24) is 0 Å². The Hall–Kier alpha value is -4.44. The van der Waals surface area contributed by atoms with Gasteiger partial charge in [0.25, 0.3) is 0 Å². The fourth-order valence-electron chi connectivity index (χ4n) is 3.81. The largest absolute Gasteiger partial charge is 0.465 e. The lowest BCUT2D eigenvalue weighted by atomic mass is 9.96. The van der Waals surface area contributed by atoms with Gasteiger partial charge >= 0.3 is 17.9 Å². The molecule has 7 nitrogen and oxygen atoms in total. The van der Waals surface area contributed by atoms with Gasteiger partial charge in [0.1, 0.15) is 11.6 Å². The van der Waals surface area contributed by atoms with Gasteiger partial charge in [-0.15, -0.1) is 0 Å². The van der Waals surface area contributed by atoms with Crippen molar-refractivity contribution in [2.45, 2.75) is 19.8 Å². The zero-order valence-corrected chi connectivity index (χ0v) is 19.8. The van der Waals surface area contributed by atoms with Crippen molar-refractivity contribution in [3.63, 3.8) is 0 Å². The maximum Gasteiger partial charge on any atom is 0.349 e. The Morgan fingerprint density at radius 2 is 1.26 bits per heavy atom. The van der Waals surface area contributed by atoms with Gasteiger partial charge in [0.2, 0.25) is 0 Å². The Balaban J connectivity index is 2.05. The van der Waals surface area contributed by atoms with E-state index in [2.05, 4.69) is 0 Å². The Morgan fingerprint density at radius 3 is 1.60 bits per heavy atom. The molecule has 0 N–H and O–H groups in total. The number of hydrogen-bond donors (Lipinski definition) is 0. The van der Waals surface area contributed by atoms with Gasteiger partial charge in [-0.3, -0.25) is 0 Å². The molecule has 1 saturated carbocycles. The number of carbonyl (C=O) groups is 3. The van der Waals surface area contributed by atoms with Crippen LogP contribution in [0.2, 0.25) is 0 Å². The third-order valence-corrected chi connectivity index (χ3v) is 5.49. The van der Waals surface area contributed by atoms with E-state index in [9.17, 15) is 19.6 Å². The summed E-state index contributed by atoms with van der Waals surface area (Å²) >= 11 is 0. The molecule has 0 radical (unpaired) electrons. The number of allylic oxidation sites excluding steroid dienone is 3. The third-order valence-electron chi connectivity index (χ3n) is 5.49. The maximum atomic E-state index is 12.6. The predicted octanol–water partition coefficient (Wildman–Crippen LogP) is 4.90. The molecule has 0 heterocycles. The molecule has 1 aliphatic carbocycles. The van der Waals surface area contributed by atoms with Crippen LogP contribution in [0.1, 0.15) is 51.6 Å². The minimum Gasteiger partial charge on any atom is -0.465 e. The second-order valence-electron chi connectivity index (χ2n) is 7.65. The second kappa shape index (κ2) is 11.6. The van der Waals surface area contributed by atoms with Gasteiger partial charge in [-0.25, -0.2) is 14.4 Å². The van der Waals surface area contributed by atoms with E-state index >= 15 is 0 Å². The number of benzene rings is 2. The topological polar surface area (TPSA) is 103 Å². The quantitative estimate of drug-likeness (QED) is 0.255. The van der Waals surface area contributed by atoms with Crippen LogP contribution >= 0.6 is 0 Å². The highest BCUT2D eigenvalue weighted by Crippen LogP contribution is 2.40. The van der Waals surface area contributed by atoms with E-state index in [1.54, 1.807) is 55.5 Å². The highest BCUT2D eigenvalue weighted by atomic mass is 16.5. The van der Waals surface area contributed by atoms with E-state index in [-0.39, 0.29) is 12.2 Å². The fourth-order valence-corrected chi connectivity index (χ4v) is 3.81. The third kappa shape index (κ3) is 5.92. The van der Waals surface area contributed by atoms with Crippen LogP contribution in [0.5, 0.6) is 0 Å². The van der Waals surface area contributed by atoms with Gasteiger partial charge in [0.05, 0.1) is 32.0 Å². The summed E-state index contributed by atoms with van der Waals surface area (Å²) in [7, 11) is 2.65. The number of carbonyl (C=O) groups excluding carboxylic acids is 3. The van der Waals surface area contributed by atoms with Crippen LogP contribution in [0.4, 0.5) is 0 Å². The number of methoxy groups -OCH3 is 2. The molecule has 0 aliphatic heterocycles. The van der Waals surface area contributed by atoms with Gasteiger partial charge in [-0.05, 0) is 66.3 Å². The molecule has 0 spiro atoms. The van der Waals surface area contributed by atoms with Gasteiger partial charge in [0, 0.05) is 5.57 Å². The van der Waals surface area contributed by atoms with Gasteiger partial charge in [-0.2, -0.15) is 5.26 Å².